The Bertz CT molecular complexity index is 158. The van der Waals surface area contributed by atoms with Crippen LogP contribution in [-0.4, -0.2) is 33.2 Å². The number of amidine groups is 1. The zero-order valence-corrected chi connectivity index (χ0v) is 7.42. The molecule has 0 aromatic rings. The third-order valence-electron chi connectivity index (χ3n) is 1.13. The summed E-state index contributed by atoms with van der Waals surface area (Å²) in [6.45, 7) is 1.95. The molecule has 4 heteroatoms. The SMILES string of the molecule is CC/C(=N\C(=N/C)OC)OC. The van der Waals surface area contributed by atoms with Crippen LogP contribution in [0.1, 0.15) is 13.3 Å². The van der Waals surface area contributed by atoms with Gasteiger partial charge in [-0.05, 0) is 0 Å². The first-order valence-electron chi connectivity index (χ1n) is 3.40. The lowest BCUT2D eigenvalue weighted by Crippen LogP contribution is -2.05. The lowest BCUT2D eigenvalue weighted by molar-refractivity contribution is 0.376. The van der Waals surface area contributed by atoms with Crippen LogP contribution in [0.25, 0.3) is 0 Å². The predicted molar refractivity (Wildman–Crippen MR) is 45.1 cm³/mol. The average molecular weight is 158 g/mol. The molecular formula is C7H14N2O2. The molecule has 0 unspecified atom stereocenters. The van der Waals surface area contributed by atoms with Crippen LogP contribution in [0, 0.1) is 0 Å². The molecule has 0 saturated heterocycles. The van der Waals surface area contributed by atoms with Crippen LogP contribution in [0.2, 0.25) is 0 Å². The first-order valence-corrected chi connectivity index (χ1v) is 3.40. The fraction of sp³-hybridized carbons (Fsp3) is 0.714. The minimum Gasteiger partial charge on any atom is -0.484 e. The van der Waals surface area contributed by atoms with E-state index in [0.717, 1.165) is 6.42 Å². The minimum atomic E-state index is 0.337. The highest BCUT2D eigenvalue weighted by atomic mass is 16.5. The molecule has 0 heterocycles. The van der Waals surface area contributed by atoms with Crippen molar-refractivity contribution in [1.29, 1.82) is 0 Å². The van der Waals surface area contributed by atoms with E-state index >= 15 is 0 Å². The lowest BCUT2D eigenvalue weighted by atomic mass is 10.5. The molecular weight excluding hydrogens is 144 g/mol. The topological polar surface area (TPSA) is 43.2 Å². The Balaban J connectivity index is 4.23. The maximum atomic E-state index is 4.92. The van der Waals surface area contributed by atoms with Gasteiger partial charge in [0.25, 0.3) is 0 Å². The first-order chi connectivity index (χ1) is 5.28. The predicted octanol–water partition coefficient (Wildman–Crippen LogP) is 1.07. The van der Waals surface area contributed by atoms with E-state index in [-0.39, 0.29) is 0 Å². The number of ether oxygens (including phenoxy) is 2. The number of aliphatic imine (C=N–C) groups is 2. The third-order valence-corrected chi connectivity index (χ3v) is 1.13. The zero-order valence-electron chi connectivity index (χ0n) is 7.42. The maximum absolute atomic E-state index is 4.92. The molecule has 0 aliphatic heterocycles. The average Bonchev–Trinajstić information content (AvgIpc) is 2.07. The summed E-state index contributed by atoms with van der Waals surface area (Å²) in [5.74, 6) is 0.618. The van der Waals surface area contributed by atoms with Gasteiger partial charge in [0.15, 0.2) is 5.90 Å². The van der Waals surface area contributed by atoms with Crippen LogP contribution in [-0.2, 0) is 9.47 Å². The monoisotopic (exact) mass is 158 g/mol. The minimum absolute atomic E-state index is 0.337. The van der Waals surface area contributed by atoms with Crippen molar-refractivity contribution in [1.82, 2.24) is 0 Å². The molecule has 0 aromatic carbocycles. The van der Waals surface area contributed by atoms with Crippen molar-refractivity contribution < 1.29 is 9.47 Å². The lowest BCUT2D eigenvalue weighted by Gasteiger charge is -2.01. The summed E-state index contributed by atoms with van der Waals surface area (Å²) >= 11 is 0. The molecule has 0 bridgehead atoms. The third kappa shape index (κ3) is 3.60. The van der Waals surface area contributed by atoms with Gasteiger partial charge >= 0.3 is 6.02 Å². The molecule has 0 amide bonds. The van der Waals surface area contributed by atoms with Gasteiger partial charge in [0, 0.05) is 13.5 Å². The van der Waals surface area contributed by atoms with Crippen molar-refractivity contribution in [3.8, 4) is 0 Å². The Morgan fingerprint density at radius 1 is 1.27 bits per heavy atom. The van der Waals surface area contributed by atoms with Crippen LogP contribution in [0.15, 0.2) is 9.98 Å². The van der Waals surface area contributed by atoms with Crippen molar-refractivity contribution in [2.24, 2.45) is 9.98 Å². The van der Waals surface area contributed by atoms with E-state index in [4.69, 9.17) is 9.47 Å². The standard InChI is InChI=1S/C7H14N2O2/c1-5-6(10-3)9-7(8-2)11-4/h5H2,1-4H3/b8-7+,9-6+. The molecule has 0 aliphatic rings. The quantitative estimate of drug-likeness (QED) is 0.423. The Kier molecular flexibility index (Phi) is 5.15. The molecule has 0 saturated carbocycles. The molecule has 0 atom stereocenters. The van der Waals surface area contributed by atoms with Crippen molar-refractivity contribution >= 4 is 11.9 Å². The van der Waals surface area contributed by atoms with Gasteiger partial charge < -0.3 is 9.47 Å². The molecule has 0 spiro atoms. The fourth-order valence-electron chi connectivity index (χ4n) is 0.563. The Hall–Kier alpha value is -1.06. The van der Waals surface area contributed by atoms with Crippen LogP contribution in [0.3, 0.4) is 0 Å². The van der Waals surface area contributed by atoms with Crippen LogP contribution in [0.4, 0.5) is 0 Å². The highest BCUT2D eigenvalue weighted by Crippen LogP contribution is 1.90. The second kappa shape index (κ2) is 5.70. The smallest absolute Gasteiger partial charge is 0.314 e. The molecule has 4 nitrogen and oxygen atoms in total. The Morgan fingerprint density at radius 3 is 2.18 bits per heavy atom. The normalized spacial score (nSPS) is 13.1. The summed E-state index contributed by atoms with van der Waals surface area (Å²) in [6, 6.07) is 0.337. The van der Waals surface area contributed by atoms with Gasteiger partial charge in [-0.2, -0.15) is 4.99 Å². The van der Waals surface area contributed by atoms with Crippen LogP contribution in [0.5, 0.6) is 0 Å². The summed E-state index contributed by atoms with van der Waals surface area (Å²) in [6.07, 6.45) is 0.735. The highest BCUT2D eigenvalue weighted by Gasteiger charge is 1.97. The van der Waals surface area contributed by atoms with Crippen molar-refractivity contribution in [3.05, 3.63) is 0 Å². The van der Waals surface area contributed by atoms with E-state index < -0.39 is 0 Å². The molecule has 0 rings (SSSR count). The summed E-state index contributed by atoms with van der Waals surface area (Å²) < 4.78 is 9.74. The number of hydrogen-bond donors (Lipinski definition) is 0. The number of methoxy groups -OCH3 is 2. The maximum Gasteiger partial charge on any atom is 0.314 e. The summed E-state index contributed by atoms with van der Waals surface area (Å²) in [4.78, 5) is 7.74. The van der Waals surface area contributed by atoms with Gasteiger partial charge in [-0.1, -0.05) is 6.92 Å². The number of nitrogens with zero attached hydrogens (tertiary/aromatic N) is 2. The van der Waals surface area contributed by atoms with E-state index in [0.29, 0.717) is 11.9 Å². The van der Waals surface area contributed by atoms with Gasteiger partial charge in [0.1, 0.15) is 0 Å². The molecule has 0 N–H and O–H groups in total. The van der Waals surface area contributed by atoms with Gasteiger partial charge in [-0.15, -0.1) is 0 Å². The van der Waals surface area contributed by atoms with E-state index in [9.17, 15) is 0 Å². The van der Waals surface area contributed by atoms with E-state index in [1.807, 2.05) is 6.92 Å². The van der Waals surface area contributed by atoms with E-state index in [1.165, 1.54) is 7.11 Å². The summed E-state index contributed by atoms with van der Waals surface area (Å²) in [5, 5.41) is 0. The number of hydrogen-bond acceptors (Lipinski definition) is 3. The highest BCUT2D eigenvalue weighted by molar-refractivity contribution is 5.89. The van der Waals surface area contributed by atoms with Crippen molar-refractivity contribution in [2.75, 3.05) is 21.3 Å². The summed E-state index contributed by atoms with van der Waals surface area (Å²) in [5.41, 5.74) is 0. The van der Waals surface area contributed by atoms with E-state index in [2.05, 4.69) is 9.98 Å². The van der Waals surface area contributed by atoms with Crippen LogP contribution < -0.4 is 0 Å². The molecule has 0 fully saturated rings. The number of rotatable bonds is 1. The van der Waals surface area contributed by atoms with Crippen LogP contribution >= 0.6 is 0 Å². The van der Waals surface area contributed by atoms with Gasteiger partial charge in [0.05, 0.1) is 14.2 Å². The van der Waals surface area contributed by atoms with Gasteiger partial charge in [0.2, 0.25) is 0 Å². The van der Waals surface area contributed by atoms with Crippen molar-refractivity contribution in [3.63, 3.8) is 0 Å². The summed E-state index contributed by atoms with van der Waals surface area (Å²) in [7, 11) is 4.71. The van der Waals surface area contributed by atoms with E-state index in [1.54, 1.807) is 14.2 Å². The molecule has 0 radical (unpaired) electrons. The Labute approximate surface area is 66.9 Å². The zero-order chi connectivity index (χ0) is 8.69. The largest absolute Gasteiger partial charge is 0.484 e. The first kappa shape index (κ1) is 9.94. The molecule has 0 aromatic heterocycles. The van der Waals surface area contributed by atoms with Crippen molar-refractivity contribution in [2.45, 2.75) is 13.3 Å². The van der Waals surface area contributed by atoms with Gasteiger partial charge in [-0.3, -0.25) is 0 Å². The second-order valence-corrected chi connectivity index (χ2v) is 1.77. The molecule has 0 aliphatic carbocycles. The second-order valence-electron chi connectivity index (χ2n) is 1.77. The Morgan fingerprint density at radius 2 is 1.91 bits per heavy atom. The molecule has 64 valence electrons. The fourth-order valence-corrected chi connectivity index (χ4v) is 0.563. The molecule has 11 heavy (non-hydrogen) atoms. The van der Waals surface area contributed by atoms with Gasteiger partial charge in [-0.25, -0.2) is 4.99 Å².